The number of rotatable bonds is 6. The van der Waals surface area contributed by atoms with Crippen LogP contribution in [0, 0.1) is 19.8 Å². The summed E-state index contributed by atoms with van der Waals surface area (Å²) in [5.41, 5.74) is 11.5. The molecule has 0 saturated heterocycles. The first kappa shape index (κ1) is 28.9. The van der Waals surface area contributed by atoms with E-state index in [9.17, 15) is 0 Å². The number of hydrogen-bond donors (Lipinski definition) is 0. The van der Waals surface area contributed by atoms with E-state index in [4.69, 9.17) is 0 Å². The molecule has 224 valence electrons. The van der Waals surface area contributed by atoms with E-state index < -0.39 is 0 Å². The van der Waals surface area contributed by atoms with Gasteiger partial charge in [-0.1, -0.05) is 115 Å². The quantitative estimate of drug-likeness (QED) is 0.144. The molecule has 0 aliphatic heterocycles. The largest absolute Gasteiger partial charge is 0.333 e. The average Bonchev–Trinajstić information content (AvgIpc) is 3.04. The molecule has 7 rings (SSSR count). The lowest BCUT2D eigenvalue weighted by molar-refractivity contribution is 0.579. The van der Waals surface area contributed by atoms with Crippen LogP contribution in [-0.4, -0.2) is 6.04 Å². The van der Waals surface area contributed by atoms with Gasteiger partial charge in [-0.3, -0.25) is 0 Å². The first-order valence-electron chi connectivity index (χ1n) is 16.3. The van der Waals surface area contributed by atoms with Crippen molar-refractivity contribution >= 4 is 44.3 Å². The van der Waals surface area contributed by atoms with Gasteiger partial charge in [0.05, 0.1) is 17.4 Å². The maximum Gasteiger partial charge on any atom is 0.0616 e. The van der Waals surface area contributed by atoms with Crippen LogP contribution in [0.5, 0.6) is 0 Å². The van der Waals surface area contributed by atoms with E-state index in [1.807, 2.05) is 0 Å². The van der Waals surface area contributed by atoms with Gasteiger partial charge in [0.25, 0.3) is 0 Å². The van der Waals surface area contributed by atoms with Crippen LogP contribution in [0.2, 0.25) is 0 Å². The molecule has 0 N–H and O–H groups in total. The molecule has 2 atom stereocenters. The number of nitrogens with zero attached hydrogens (tertiary/aromatic N) is 2. The zero-order valence-corrected chi connectivity index (χ0v) is 27.1. The summed E-state index contributed by atoms with van der Waals surface area (Å²) in [6.45, 7) is 11.2. The van der Waals surface area contributed by atoms with Crippen LogP contribution in [0.25, 0.3) is 21.5 Å². The number of aryl methyl sites for hydroxylation is 2. The summed E-state index contributed by atoms with van der Waals surface area (Å²) < 4.78 is 0. The van der Waals surface area contributed by atoms with Gasteiger partial charge in [-0.2, -0.15) is 0 Å². The smallest absolute Gasteiger partial charge is 0.0616 e. The Balaban J connectivity index is 1.59. The summed E-state index contributed by atoms with van der Waals surface area (Å²) in [6.07, 6.45) is 13.7. The maximum atomic E-state index is 2.61. The van der Waals surface area contributed by atoms with Crippen LogP contribution < -0.4 is 9.80 Å². The Labute approximate surface area is 268 Å². The Bertz CT molecular complexity index is 1980. The fraction of sp³-hybridized carbons (Fsp3) is 0.209. The molecule has 5 aromatic carbocycles. The summed E-state index contributed by atoms with van der Waals surface area (Å²) in [5, 5.41) is 5.06. The average molecular weight is 587 g/mol. The zero-order valence-electron chi connectivity index (χ0n) is 27.1. The Morgan fingerprint density at radius 2 is 1.22 bits per heavy atom. The third-order valence-corrected chi connectivity index (χ3v) is 9.62. The Morgan fingerprint density at radius 1 is 0.644 bits per heavy atom. The molecule has 2 aliphatic rings. The summed E-state index contributed by atoms with van der Waals surface area (Å²) >= 11 is 0. The van der Waals surface area contributed by atoms with Gasteiger partial charge in [-0.25, -0.2) is 0 Å². The lowest BCUT2D eigenvalue weighted by atomic mass is 9.86. The topological polar surface area (TPSA) is 6.48 Å². The van der Waals surface area contributed by atoms with Crippen molar-refractivity contribution in [3.63, 3.8) is 0 Å². The highest BCUT2D eigenvalue weighted by Gasteiger charge is 2.31. The lowest BCUT2D eigenvalue weighted by Gasteiger charge is -2.40. The first-order chi connectivity index (χ1) is 21.9. The molecule has 0 bridgehead atoms. The van der Waals surface area contributed by atoms with Crippen molar-refractivity contribution in [2.45, 2.75) is 53.5 Å². The van der Waals surface area contributed by atoms with E-state index in [2.05, 4.69) is 172 Å². The molecule has 0 aromatic heterocycles. The van der Waals surface area contributed by atoms with Crippen LogP contribution in [0.3, 0.4) is 0 Å². The summed E-state index contributed by atoms with van der Waals surface area (Å²) in [6, 6.07) is 36.3. The minimum atomic E-state index is 0.177. The van der Waals surface area contributed by atoms with E-state index in [1.165, 1.54) is 72.3 Å². The van der Waals surface area contributed by atoms with Crippen molar-refractivity contribution in [2.75, 3.05) is 9.80 Å². The molecule has 2 unspecified atom stereocenters. The Kier molecular flexibility index (Phi) is 7.67. The Morgan fingerprint density at radius 3 is 1.82 bits per heavy atom. The van der Waals surface area contributed by atoms with Gasteiger partial charge in [0, 0.05) is 44.5 Å². The molecule has 0 saturated carbocycles. The van der Waals surface area contributed by atoms with Gasteiger partial charge >= 0.3 is 0 Å². The molecule has 0 radical (unpaired) electrons. The van der Waals surface area contributed by atoms with Gasteiger partial charge in [0.2, 0.25) is 0 Å². The van der Waals surface area contributed by atoms with Crippen LogP contribution in [0.15, 0.2) is 144 Å². The van der Waals surface area contributed by atoms with Crippen molar-refractivity contribution in [1.29, 1.82) is 0 Å². The van der Waals surface area contributed by atoms with Gasteiger partial charge in [0.1, 0.15) is 0 Å². The Hall–Kier alpha value is -4.82. The minimum Gasteiger partial charge on any atom is -0.333 e. The van der Waals surface area contributed by atoms with Crippen LogP contribution in [0.4, 0.5) is 22.7 Å². The molecule has 0 fully saturated rings. The predicted octanol–water partition coefficient (Wildman–Crippen LogP) is 12.0. The van der Waals surface area contributed by atoms with Crippen molar-refractivity contribution in [1.82, 2.24) is 0 Å². The molecule has 45 heavy (non-hydrogen) atoms. The molecule has 0 heterocycles. The first-order valence-corrected chi connectivity index (χ1v) is 16.3. The standard InChI is InChI=1S/C43H42N2/c1-29-14-10-18-34(26-29)44(35-19-11-15-30(2)27-35)42-37-21-6-8-23-39(37)43(40-24-9-7-22-38(40)42)45(36-20-12-16-31(3)28-36)41-25-13-17-32(4)33(41)5/h6-10,12-18,20-28,33,41H,11,19H2,1-5H3. The normalized spacial score (nSPS) is 18.0. The number of fused-ring (bicyclic) bond motifs is 2. The zero-order chi connectivity index (χ0) is 31.1. The van der Waals surface area contributed by atoms with E-state index in [-0.39, 0.29) is 6.04 Å². The van der Waals surface area contributed by atoms with E-state index in [0.29, 0.717) is 5.92 Å². The fourth-order valence-corrected chi connectivity index (χ4v) is 7.25. The number of benzene rings is 5. The van der Waals surface area contributed by atoms with Crippen LogP contribution in [0.1, 0.15) is 44.7 Å². The number of allylic oxidation sites excluding steroid dienone is 6. The monoisotopic (exact) mass is 586 g/mol. The third kappa shape index (κ3) is 5.29. The van der Waals surface area contributed by atoms with Crippen molar-refractivity contribution in [3.05, 3.63) is 155 Å². The highest BCUT2D eigenvalue weighted by molar-refractivity contribution is 6.22. The highest BCUT2D eigenvalue weighted by Crippen LogP contribution is 2.50. The third-order valence-electron chi connectivity index (χ3n) is 9.62. The summed E-state index contributed by atoms with van der Waals surface area (Å²) in [4.78, 5) is 5.16. The fourth-order valence-electron chi connectivity index (χ4n) is 7.25. The van der Waals surface area contributed by atoms with Gasteiger partial charge < -0.3 is 9.80 Å². The highest BCUT2D eigenvalue weighted by atomic mass is 15.2. The maximum absolute atomic E-state index is 2.61. The van der Waals surface area contributed by atoms with Gasteiger partial charge in [-0.15, -0.1) is 0 Å². The molecule has 2 heteroatoms. The molecular formula is C43H42N2. The lowest BCUT2D eigenvalue weighted by Crippen LogP contribution is -2.37. The van der Waals surface area contributed by atoms with Gasteiger partial charge in [-0.05, 0) is 82.0 Å². The molecule has 0 amide bonds. The second-order valence-corrected chi connectivity index (χ2v) is 12.9. The predicted molar refractivity (Wildman–Crippen MR) is 195 cm³/mol. The van der Waals surface area contributed by atoms with E-state index >= 15 is 0 Å². The number of hydrogen-bond acceptors (Lipinski definition) is 2. The van der Waals surface area contributed by atoms with Crippen molar-refractivity contribution in [3.8, 4) is 0 Å². The van der Waals surface area contributed by atoms with Crippen molar-refractivity contribution in [2.24, 2.45) is 5.92 Å². The molecule has 2 nitrogen and oxygen atoms in total. The van der Waals surface area contributed by atoms with E-state index in [0.717, 1.165) is 12.8 Å². The molecular weight excluding hydrogens is 544 g/mol. The molecule has 5 aromatic rings. The number of anilines is 4. The molecule has 0 spiro atoms. The second-order valence-electron chi connectivity index (χ2n) is 12.9. The second kappa shape index (κ2) is 11.9. The summed E-state index contributed by atoms with van der Waals surface area (Å²) in [5.74, 6) is 0.360. The summed E-state index contributed by atoms with van der Waals surface area (Å²) in [7, 11) is 0. The van der Waals surface area contributed by atoms with Crippen LogP contribution in [-0.2, 0) is 0 Å². The van der Waals surface area contributed by atoms with Gasteiger partial charge in [0.15, 0.2) is 0 Å². The van der Waals surface area contributed by atoms with Crippen LogP contribution >= 0.6 is 0 Å². The van der Waals surface area contributed by atoms with Crippen molar-refractivity contribution < 1.29 is 0 Å². The molecule has 2 aliphatic carbocycles. The SMILES string of the molecule is CC1=CCCC(N(c2cccc(C)c2)c2c3ccccc3c(N(c3cccc(C)c3)C3C=CC=C(C)C3C)c3ccccc23)=C1. The van der Waals surface area contributed by atoms with E-state index in [1.54, 1.807) is 0 Å². The minimum absolute atomic E-state index is 0.177.